The quantitative estimate of drug-likeness (QED) is 0.314. The molecule has 0 fully saturated rings. The zero-order chi connectivity index (χ0) is 28.6. The molecular formula is C28H31Cl2N3O5S. The zero-order valence-corrected chi connectivity index (χ0v) is 24.3. The van der Waals surface area contributed by atoms with Gasteiger partial charge in [0.05, 0.1) is 17.2 Å². The molecule has 39 heavy (non-hydrogen) atoms. The minimum atomic E-state index is -4.15. The van der Waals surface area contributed by atoms with Gasteiger partial charge in [0.1, 0.15) is 18.3 Å². The number of carbonyl (C=O) groups is 2. The third-order valence-corrected chi connectivity index (χ3v) is 8.41. The summed E-state index contributed by atoms with van der Waals surface area (Å²) in [5.74, 6) is -0.395. The van der Waals surface area contributed by atoms with Gasteiger partial charge < -0.3 is 15.0 Å². The lowest BCUT2D eigenvalue weighted by molar-refractivity contribution is -0.140. The number of nitrogens with zero attached hydrogens (tertiary/aromatic N) is 2. The number of sulfonamides is 1. The van der Waals surface area contributed by atoms with Crippen LogP contribution in [-0.4, -0.2) is 51.4 Å². The van der Waals surface area contributed by atoms with Crippen molar-refractivity contribution in [2.24, 2.45) is 0 Å². The number of anilines is 1. The molecule has 0 aliphatic carbocycles. The van der Waals surface area contributed by atoms with Gasteiger partial charge in [0.15, 0.2) is 0 Å². The van der Waals surface area contributed by atoms with Crippen LogP contribution in [0.25, 0.3) is 0 Å². The predicted molar refractivity (Wildman–Crippen MR) is 154 cm³/mol. The molecule has 0 spiro atoms. The predicted octanol–water partition coefficient (Wildman–Crippen LogP) is 5.14. The summed E-state index contributed by atoms with van der Waals surface area (Å²) in [5, 5.41) is 3.34. The molecular weight excluding hydrogens is 561 g/mol. The Morgan fingerprint density at radius 3 is 2.21 bits per heavy atom. The van der Waals surface area contributed by atoms with Crippen LogP contribution in [0.3, 0.4) is 0 Å². The van der Waals surface area contributed by atoms with Crippen LogP contribution in [-0.2, 0) is 26.2 Å². The first-order valence-corrected chi connectivity index (χ1v) is 14.6. The second-order valence-electron chi connectivity index (χ2n) is 8.55. The SMILES string of the molecule is CCOc1ccc(N(CC(=O)N(Cc2ccc(Cl)cc2Cl)C(CC)C(=O)NC)S(=O)(=O)c2ccccc2)cc1. The average molecular weight is 593 g/mol. The normalized spacial score (nSPS) is 11.9. The molecule has 1 atom stereocenters. The molecule has 3 aromatic rings. The monoisotopic (exact) mass is 591 g/mol. The van der Waals surface area contributed by atoms with Gasteiger partial charge in [-0.3, -0.25) is 13.9 Å². The molecule has 0 radical (unpaired) electrons. The molecule has 1 N–H and O–H groups in total. The smallest absolute Gasteiger partial charge is 0.264 e. The van der Waals surface area contributed by atoms with Crippen molar-refractivity contribution in [2.45, 2.75) is 37.8 Å². The van der Waals surface area contributed by atoms with Crippen molar-refractivity contribution in [3.05, 3.63) is 88.4 Å². The van der Waals surface area contributed by atoms with E-state index < -0.39 is 28.5 Å². The number of benzene rings is 3. The van der Waals surface area contributed by atoms with Gasteiger partial charge in [-0.15, -0.1) is 0 Å². The number of halogens is 2. The second kappa shape index (κ2) is 13.7. The van der Waals surface area contributed by atoms with Gasteiger partial charge in [-0.2, -0.15) is 0 Å². The van der Waals surface area contributed by atoms with Crippen molar-refractivity contribution in [3.8, 4) is 5.75 Å². The number of ether oxygens (including phenoxy) is 1. The topological polar surface area (TPSA) is 96.0 Å². The van der Waals surface area contributed by atoms with E-state index in [-0.39, 0.29) is 23.0 Å². The van der Waals surface area contributed by atoms with Gasteiger partial charge in [-0.05, 0) is 67.4 Å². The van der Waals surface area contributed by atoms with Crippen molar-refractivity contribution in [2.75, 3.05) is 24.5 Å². The number of nitrogens with one attached hydrogen (secondary N) is 1. The molecule has 0 aromatic heterocycles. The van der Waals surface area contributed by atoms with Gasteiger partial charge in [-0.1, -0.05) is 54.4 Å². The van der Waals surface area contributed by atoms with Crippen molar-refractivity contribution in [1.29, 1.82) is 0 Å². The first kappa shape index (κ1) is 30.3. The molecule has 3 aromatic carbocycles. The van der Waals surface area contributed by atoms with Crippen molar-refractivity contribution in [1.82, 2.24) is 10.2 Å². The van der Waals surface area contributed by atoms with E-state index in [1.54, 1.807) is 67.6 Å². The Morgan fingerprint density at radius 2 is 1.64 bits per heavy atom. The van der Waals surface area contributed by atoms with E-state index in [2.05, 4.69) is 5.32 Å². The molecule has 1 unspecified atom stereocenters. The molecule has 0 heterocycles. The van der Waals surface area contributed by atoms with Crippen LogP contribution in [0, 0.1) is 0 Å². The van der Waals surface area contributed by atoms with E-state index in [9.17, 15) is 18.0 Å². The van der Waals surface area contributed by atoms with Crippen LogP contribution >= 0.6 is 23.2 Å². The summed E-state index contributed by atoms with van der Waals surface area (Å²) in [7, 11) is -2.67. The van der Waals surface area contributed by atoms with Gasteiger partial charge in [0.25, 0.3) is 10.0 Å². The molecule has 0 aliphatic rings. The molecule has 0 bridgehead atoms. The van der Waals surface area contributed by atoms with Crippen LogP contribution in [0.5, 0.6) is 5.75 Å². The fraction of sp³-hybridized carbons (Fsp3) is 0.286. The summed E-state index contributed by atoms with van der Waals surface area (Å²) >= 11 is 12.4. The average Bonchev–Trinajstić information content (AvgIpc) is 2.93. The molecule has 0 saturated carbocycles. The third kappa shape index (κ3) is 7.44. The number of hydrogen-bond donors (Lipinski definition) is 1. The Morgan fingerprint density at radius 1 is 0.974 bits per heavy atom. The van der Waals surface area contributed by atoms with Crippen molar-refractivity contribution >= 4 is 50.7 Å². The highest BCUT2D eigenvalue weighted by Gasteiger charge is 2.33. The molecule has 3 rings (SSSR count). The van der Waals surface area contributed by atoms with Crippen molar-refractivity contribution in [3.63, 3.8) is 0 Å². The zero-order valence-electron chi connectivity index (χ0n) is 21.9. The highest BCUT2D eigenvalue weighted by molar-refractivity contribution is 7.92. The number of likely N-dealkylation sites (N-methyl/N-ethyl adjacent to an activating group) is 1. The van der Waals surface area contributed by atoms with E-state index in [1.807, 2.05) is 6.92 Å². The maximum absolute atomic E-state index is 13.9. The second-order valence-corrected chi connectivity index (χ2v) is 11.3. The standard InChI is InChI=1S/C28H31Cl2N3O5S/c1-4-26(28(35)31-3)32(18-20-11-12-21(29)17-25(20)30)27(34)19-33(22-13-15-23(16-14-22)38-5-2)39(36,37)24-9-7-6-8-10-24/h6-17,26H,4-5,18-19H2,1-3H3,(H,31,35). The van der Waals surface area contributed by atoms with E-state index in [0.717, 1.165) is 4.31 Å². The minimum Gasteiger partial charge on any atom is -0.494 e. The van der Waals surface area contributed by atoms with Gasteiger partial charge in [-0.25, -0.2) is 8.42 Å². The fourth-order valence-corrected chi connectivity index (χ4v) is 5.95. The summed E-state index contributed by atoms with van der Waals surface area (Å²) in [6.45, 7) is 3.49. The van der Waals surface area contributed by atoms with Crippen LogP contribution in [0.15, 0.2) is 77.7 Å². The lowest BCUT2D eigenvalue weighted by Crippen LogP contribution is -2.51. The molecule has 208 valence electrons. The van der Waals surface area contributed by atoms with E-state index in [0.29, 0.717) is 34.4 Å². The summed E-state index contributed by atoms with van der Waals surface area (Å²) in [6, 6.07) is 18.3. The summed E-state index contributed by atoms with van der Waals surface area (Å²) < 4.78 is 34.1. The van der Waals surface area contributed by atoms with Crippen LogP contribution in [0.1, 0.15) is 25.8 Å². The van der Waals surface area contributed by atoms with Gasteiger partial charge in [0, 0.05) is 23.6 Å². The molecule has 0 saturated heterocycles. The molecule has 0 aliphatic heterocycles. The maximum atomic E-state index is 13.9. The van der Waals surface area contributed by atoms with Gasteiger partial charge >= 0.3 is 0 Å². The number of rotatable bonds is 12. The third-order valence-electron chi connectivity index (χ3n) is 6.03. The van der Waals surface area contributed by atoms with Crippen molar-refractivity contribution < 1.29 is 22.7 Å². The molecule has 2 amide bonds. The van der Waals surface area contributed by atoms with Crippen LogP contribution in [0.4, 0.5) is 5.69 Å². The number of amides is 2. The lowest BCUT2D eigenvalue weighted by Gasteiger charge is -2.33. The van der Waals surface area contributed by atoms with E-state index in [1.165, 1.54) is 24.1 Å². The van der Waals surface area contributed by atoms with Gasteiger partial charge in [0.2, 0.25) is 11.8 Å². The highest BCUT2D eigenvalue weighted by Crippen LogP contribution is 2.28. The maximum Gasteiger partial charge on any atom is 0.264 e. The summed E-state index contributed by atoms with van der Waals surface area (Å²) in [5.41, 5.74) is 0.837. The van der Waals surface area contributed by atoms with Crippen LogP contribution < -0.4 is 14.4 Å². The minimum absolute atomic E-state index is 0.0245. The lowest BCUT2D eigenvalue weighted by atomic mass is 10.1. The Hall–Kier alpha value is -3.27. The summed E-state index contributed by atoms with van der Waals surface area (Å²) in [4.78, 5) is 28.1. The first-order chi connectivity index (χ1) is 18.6. The number of carbonyl (C=O) groups excluding carboxylic acids is 2. The van der Waals surface area contributed by atoms with E-state index in [4.69, 9.17) is 27.9 Å². The highest BCUT2D eigenvalue weighted by atomic mass is 35.5. The Balaban J connectivity index is 2.06. The Bertz CT molecular complexity index is 1390. The molecule has 11 heteroatoms. The molecule has 8 nitrogen and oxygen atoms in total. The largest absolute Gasteiger partial charge is 0.494 e. The van der Waals surface area contributed by atoms with Crippen LogP contribution in [0.2, 0.25) is 10.0 Å². The van der Waals surface area contributed by atoms with E-state index >= 15 is 0 Å². The Kier molecular flexibility index (Phi) is 10.6. The summed E-state index contributed by atoms with van der Waals surface area (Å²) in [6.07, 6.45) is 0.297. The first-order valence-electron chi connectivity index (χ1n) is 12.4. The number of hydrogen-bond acceptors (Lipinski definition) is 5. The Labute approximate surface area is 239 Å². The fourth-order valence-electron chi connectivity index (χ4n) is 4.04.